The fourth-order valence-electron chi connectivity index (χ4n) is 1.58. The van der Waals surface area contributed by atoms with Crippen LogP contribution in [0, 0.1) is 6.92 Å². The van der Waals surface area contributed by atoms with Crippen LogP contribution in [0.1, 0.15) is 11.3 Å². The number of nitrogens with zero attached hydrogens (tertiary/aromatic N) is 1. The highest BCUT2D eigenvalue weighted by Gasteiger charge is 2.36. The van der Waals surface area contributed by atoms with Gasteiger partial charge in [0.2, 0.25) is 0 Å². The number of aromatic nitrogens is 1. The first kappa shape index (κ1) is 14.0. The van der Waals surface area contributed by atoms with Gasteiger partial charge in [-0.3, -0.25) is 0 Å². The number of thioether (sulfide) groups is 1. The predicted molar refractivity (Wildman–Crippen MR) is 77.5 cm³/mol. The van der Waals surface area contributed by atoms with E-state index in [1.54, 1.807) is 24.3 Å². The zero-order chi connectivity index (χ0) is 13.9. The van der Waals surface area contributed by atoms with E-state index in [0.29, 0.717) is 5.56 Å². The van der Waals surface area contributed by atoms with Crippen molar-refractivity contribution in [1.82, 2.24) is 4.98 Å². The first-order valence-corrected chi connectivity index (χ1v) is 7.51. The van der Waals surface area contributed by atoms with E-state index in [1.807, 2.05) is 18.4 Å². The SMILES string of the molecule is Cc1csc(SCC(N)(C(=O)O)c2ccccc2)n1. The van der Waals surface area contributed by atoms with Crippen LogP contribution in [-0.4, -0.2) is 21.8 Å². The number of hydrogen-bond acceptors (Lipinski definition) is 5. The van der Waals surface area contributed by atoms with Gasteiger partial charge in [-0.1, -0.05) is 42.1 Å². The highest BCUT2D eigenvalue weighted by molar-refractivity contribution is 8.01. The van der Waals surface area contributed by atoms with Gasteiger partial charge in [0.05, 0.1) is 0 Å². The maximum atomic E-state index is 11.5. The summed E-state index contributed by atoms with van der Waals surface area (Å²) >= 11 is 2.87. The van der Waals surface area contributed by atoms with Crippen LogP contribution in [-0.2, 0) is 10.3 Å². The molecule has 0 spiro atoms. The maximum absolute atomic E-state index is 11.5. The van der Waals surface area contributed by atoms with E-state index in [4.69, 9.17) is 5.73 Å². The molecule has 0 saturated heterocycles. The summed E-state index contributed by atoms with van der Waals surface area (Å²) in [7, 11) is 0. The van der Waals surface area contributed by atoms with Gasteiger partial charge in [0.1, 0.15) is 9.88 Å². The summed E-state index contributed by atoms with van der Waals surface area (Å²) in [6, 6.07) is 8.89. The van der Waals surface area contributed by atoms with Crippen molar-refractivity contribution in [2.24, 2.45) is 5.73 Å². The van der Waals surface area contributed by atoms with E-state index < -0.39 is 11.5 Å². The minimum Gasteiger partial charge on any atom is -0.480 e. The lowest BCUT2D eigenvalue weighted by Crippen LogP contribution is -2.47. The van der Waals surface area contributed by atoms with Gasteiger partial charge in [-0.15, -0.1) is 11.3 Å². The first-order valence-electron chi connectivity index (χ1n) is 5.65. The Bertz CT molecular complexity index is 571. The molecule has 2 aromatic rings. The van der Waals surface area contributed by atoms with E-state index >= 15 is 0 Å². The number of rotatable bonds is 5. The number of thiazole rings is 1. The molecule has 0 radical (unpaired) electrons. The van der Waals surface area contributed by atoms with E-state index in [2.05, 4.69) is 4.98 Å². The van der Waals surface area contributed by atoms with Crippen LogP contribution in [0.2, 0.25) is 0 Å². The van der Waals surface area contributed by atoms with Crippen LogP contribution < -0.4 is 5.73 Å². The number of nitrogens with two attached hydrogens (primary N) is 1. The van der Waals surface area contributed by atoms with Crippen molar-refractivity contribution in [2.45, 2.75) is 16.8 Å². The molecule has 0 amide bonds. The summed E-state index contributed by atoms with van der Waals surface area (Å²) in [5, 5.41) is 11.3. The molecule has 100 valence electrons. The Morgan fingerprint density at radius 1 is 1.47 bits per heavy atom. The van der Waals surface area contributed by atoms with Crippen molar-refractivity contribution in [3.63, 3.8) is 0 Å². The van der Waals surface area contributed by atoms with Crippen molar-refractivity contribution >= 4 is 29.1 Å². The Balaban J connectivity index is 2.19. The number of carbonyl (C=O) groups is 1. The molecule has 1 atom stereocenters. The quantitative estimate of drug-likeness (QED) is 0.829. The summed E-state index contributed by atoms with van der Waals surface area (Å²) < 4.78 is 0.838. The largest absolute Gasteiger partial charge is 0.480 e. The molecule has 19 heavy (non-hydrogen) atoms. The van der Waals surface area contributed by atoms with Crippen LogP contribution in [0.4, 0.5) is 0 Å². The Labute approximate surface area is 119 Å². The molecule has 2 rings (SSSR count). The Morgan fingerprint density at radius 2 is 2.16 bits per heavy atom. The fraction of sp³-hybridized carbons (Fsp3) is 0.231. The van der Waals surface area contributed by atoms with Crippen molar-refractivity contribution in [1.29, 1.82) is 0 Å². The molecule has 0 aliphatic carbocycles. The predicted octanol–water partition coefficient (Wildman–Crippen LogP) is 2.48. The van der Waals surface area contributed by atoms with Gasteiger partial charge in [0, 0.05) is 16.8 Å². The third kappa shape index (κ3) is 3.15. The second kappa shape index (κ2) is 5.73. The second-order valence-electron chi connectivity index (χ2n) is 4.19. The molecule has 1 unspecified atom stereocenters. The fourth-order valence-corrected chi connectivity index (χ4v) is 3.54. The van der Waals surface area contributed by atoms with Crippen LogP contribution in [0.15, 0.2) is 40.1 Å². The summed E-state index contributed by atoms with van der Waals surface area (Å²) in [4.78, 5) is 15.8. The van der Waals surface area contributed by atoms with Gasteiger partial charge < -0.3 is 10.8 Å². The van der Waals surface area contributed by atoms with Crippen molar-refractivity contribution in [3.8, 4) is 0 Å². The monoisotopic (exact) mass is 294 g/mol. The van der Waals surface area contributed by atoms with Gasteiger partial charge in [-0.05, 0) is 12.5 Å². The zero-order valence-corrected chi connectivity index (χ0v) is 12.0. The third-order valence-corrected chi connectivity index (χ3v) is 5.02. The molecule has 0 fully saturated rings. The smallest absolute Gasteiger partial charge is 0.329 e. The van der Waals surface area contributed by atoms with E-state index in [9.17, 15) is 9.90 Å². The van der Waals surface area contributed by atoms with Crippen molar-refractivity contribution in [3.05, 3.63) is 47.0 Å². The number of carboxylic acid groups (broad SMARTS) is 1. The molecule has 0 aliphatic rings. The average molecular weight is 294 g/mol. The van der Waals surface area contributed by atoms with Crippen LogP contribution in [0.25, 0.3) is 0 Å². The Hall–Kier alpha value is -1.37. The van der Waals surface area contributed by atoms with Gasteiger partial charge in [-0.2, -0.15) is 0 Å². The Morgan fingerprint density at radius 3 is 2.68 bits per heavy atom. The van der Waals surface area contributed by atoms with E-state index in [-0.39, 0.29) is 5.75 Å². The van der Waals surface area contributed by atoms with Gasteiger partial charge in [0.15, 0.2) is 0 Å². The standard InChI is InChI=1S/C13H14N2O2S2/c1-9-7-18-12(15-9)19-8-13(14,11(16)17)10-5-3-2-4-6-10/h2-7H,8,14H2,1H3,(H,16,17). The normalized spacial score (nSPS) is 14.0. The molecular weight excluding hydrogens is 280 g/mol. The molecule has 1 aromatic heterocycles. The number of aliphatic carboxylic acids is 1. The molecule has 0 saturated carbocycles. The second-order valence-corrected chi connectivity index (χ2v) is 6.27. The van der Waals surface area contributed by atoms with Crippen molar-refractivity contribution < 1.29 is 9.90 Å². The molecule has 1 heterocycles. The topological polar surface area (TPSA) is 76.2 Å². The number of benzene rings is 1. The molecule has 0 bridgehead atoms. The van der Waals surface area contributed by atoms with Crippen molar-refractivity contribution in [2.75, 3.05) is 5.75 Å². The molecule has 3 N–H and O–H groups in total. The molecule has 4 nitrogen and oxygen atoms in total. The molecule has 0 aliphatic heterocycles. The van der Waals surface area contributed by atoms with Gasteiger partial charge in [-0.25, -0.2) is 9.78 Å². The van der Waals surface area contributed by atoms with E-state index in [0.717, 1.165) is 10.0 Å². The Kier molecular flexibility index (Phi) is 4.24. The number of hydrogen-bond donors (Lipinski definition) is 2. The highest BCUT2D eigenvalue weighted by atomic mass is 32.2. The third-order valence-electron chi connectivity index (χ3n) is 2.69. The number of aryl methyl sites for hydroxylation is 1. The highest BCUT2D eigenvalue weighted by Crippen LogP contribution is 2.30. The van der Waals surface area contributed by atoms with Crippen LogP contribution >= 0.6 is 23.1 Å². The number of carboxylic acids is 1. The maximum Gasteiger partial charge on any atom is 0.329 e. The summed E-state index contributed by atoms with van der Waals surface area (Å²) in [6.07, 6.45) is 0. The minimum absolute atomic E-state index is 0.249. The molecular formula is C13H14N2O2S2. The lowest BCUT2D eigenvalue weighted by molar-refractivity contribution is -0.142. The molecule has 1 aromatic carbocycles. The van der Waals surface area contributed by atoms with Gasteiger partial charge in [0.25, 0.3) is 0 Å². The summed E-state index contributed by atoms with van der Waals surface area (Å²) in [5.74, 6) is -0.779. The lowest BCUT2D eigenvalue weighted by atomic mass is 9.93. The average Bonchev–Trinajstić information content (AvgIpc) is 2.82. The lowest BCUT2D eigenvalue weighted by Gasteiger charge is -2.24. The first-order chi connectivity index (χ1) is 9.02. The summed E-state index contributed by atoms with van der Waals surface area (Å²) in [6.45, 7) is 1.91. The zero-order valence-electron chi connectivity index (χ0n) is 10.4. The molecule has 6 heteroatoms. The van der Waals surface area contributed by atoms with Crippen LogP contribution in [0.3, 0.4) is 0 Å². The van der Waals surface area contributed by atoms with E-state index in [1.165, 1.54) is 23.1 Å². The minimum atomic E-state index is -1.40. The summed E-state index contributed by atoms with van der Waals surface area (Å²) in [5.41, 5.74) is 6.21. The van der Waals surface area contributed by atoms with Crippen LogP contribution in [0.5, 0.6) is 0 Å². The van der Waals surface area contributed by atoms with Gasteiger partial charge >= 0.3 is 5.97 Å².